The summed E-state index contributed by atoms with van der Waals surface area (Å²) in [5.74, 6) is 4.84. The molecule has 0 saturated carbocycles. The summed E-state index contributed by atoms with van der Waals surface area (Å²) in [5.41, 5.74) is 3.18. The fourth-order valence-corrected chi connectivity index (χ4v) is 1.66. The van der Waals surface area contributed by atoms with Crippen LogP contribution in [-0.4, -0.2) is 18.1 Å². The number of ether oxygens (including phenoxy) is 1. The van der Waals surface area contributed by atoms with Crippen LogP contribution in [0.2, 0.25) is 0 Å². The smallest absolute Gasteiger partial charge is 0.311 e. The van der Waals surface area contributed by atoms with Crippen molar-refractivity contribution >= 4 is 5.97 Å². The van der Waals surface area contributed by atoms with E-state index in [-0.39, 0.29) is 11.9 Å². The molecule has 0 radical (unpaired) electrons. The van der Waals surface area contributed by atoms with Crippen molar-refractivity contribution < 1.29 is 9.53 Å². The summed E-state index contributed by atoms with van der Waals surface area (Å²) in [6, 6.07) is 9.85. The molecule has 0 bridgehead atoms. The maximum Gasteiger partial charge on any atom is 0.311 e. The van der Waals surface area contributed by atoms with Gasteiger partial charge < -0.3 is 4.74 Å². The van der Waals surface area contributed by atoms with E-state index in [4.69, 9.17) is 10.6 Å². The van der Waals surface area contributed by atoms with E-state index in [0.717, 1.165) is 5.56 Å². The van der Waals surface area contributed by atoms with E-state index in [0.29, 0.717) is 13.0 Å². The van der Waals surface area contributed by atoms with Crippen LogP contribution < -0.4 is 11.3 Å². The summed E-state index contributed by atoms with van der Waals surface area (Å²) >= 11 is 0. The monoisotopic (exact) mass is 250 g/mol. The van der Waals surface area contributed by atoms with Gasteiger partial charge in [-0.3, -0.25) is 16.1 Å². The number of benzene rings is 1. The van der Waals surface area contributed by atoms with Gasteiger partial charge in [-0.2, -0.15) is 0 Å². The Morgan fingerprint density at radius 2 is 1.94 bits per heavy atom. The third-order valence-corrected chi connectivity index (χ3v) is 2.43. The summed E-state index contributed by atoms with van der Waals surface area (Å²) < 4.78 is 5.39. The molecule has 0 amide bonds. The molecule has 1 atom stereocenters. The zero-order chi connectivity index (χ0) is 13.6. The maximum absolute atomic E-state index is 12.0. The molecular weight excluding hydrogens is 228 g/mol. The first kappa shape index (κ1) is 14.7. The zero-order valence-electron chi connectivity index (χ0n) is 11.3. The zero-order valence-corrected chi connectivity index (χ0v) is 11.3. The van der Waals surface area contributed by atoms with Crippen LogP contribution in [0.3, 0.4) is 0 Å². The Hall–Kier alpha value is -1.39. The van der Waals surface area contributed by atoms with Crippen LogP contribution in [0.1, 0.15) is 26.3 Å². The van der Waals surface area contributed by atoms with Gasteiger partial charge in [-0.1, -0.05) is 30.3 Å². The predicted molar refractivity (Wildman–Crippen MR) is 71.7 cm³/mol. The first-order chi connectivity index (χ1) is 8.42. The average molecular weight is 250 g/mol. The van der Waals surface area contributed by atoms with Gasteiger partial charge in [-0.05, 0) is 32.8 Å². The summed E-state index contributed by atoms with van der Waals surface area (Å²) in [6.07, 6.45) is 0.625. The Balaban J connectivity index is 2.68. The van der Waals surface area contributed by atoms with Gasteiger partial charge in [0, 0.05) is 6.54 Å². The highest BCUT2D eigenvalue weighted by molar-refractivity contribution is 5.73. The molecule has 18 heavy (non-hydrogen) atoms. The Morgan fingerprint density at radius 3 is 2.44 bits per heavy atom. The van der Waals surface area contributed by atoms with Gasteiger partial charge in [0.1, 0.15) is 5.60 Å². The summed E-state index contributed by atoms with van der Waals surface area (Å²) in [5, 5.41) is 0. The molecule has 1 unspecified atom stereocenters. The lowest BCUT2D eigenvalue weighted by Gasteiger charge is -2.24. The molecule has 0 aromatic heterocycles. The van der Waals surface area contributed by atoms with E-state index in [9.17, 15) is 4.79 Å². The molecular formula is C14H22N2O2. The summed E-state index contributed by atoms with van der Waals surface area (Å²) in [6.45, 7) is 5.99. The highest BCUT2D eigenvalue weighted by Crippen LogP contribution is 2.15. The van der Waals surface area contributed by atoms with E-state index in [1.54, 1.807) is 0 Å². The molecule has 0 heterocycles. The Kier molecular flexibility index (Phi) is 5.31. The molecule has 0 fully saturated rings. The van der Waals surface area contributed by atoms with Gasteiger partial charge >= 0.3 is 5.97 Å². The SMILES string of the molecule is CC(C)(C)OC(=O)C(CNN)Cc1ccccc1. The van der Waals surface area contributed by atoms with Crippen molar-refractivity contribution in [3.63, 3.8) is 0 Å². The molecule has 4 heteroatoms. The highest BCUT2D eigenvalue weighted by Gasteiger charge is 2.24. The largest absolute Gasteiger partial charge is 0.460 e. The van der Waals surface area contributed by atoms with Crippen LogP contribution in [0.4, 0.5) is 0 Å². The molecule has 4 nitrogen and oxygen atoms in total. The first-order valence-electron chi connectivity index (χ1n) is 6.12. The van der Waals surface area contributed by atoms with Crippen LogP contribution in [0.5, 0.6) is 0 Å². The van der Waals surface area contributed by atoms with Crippen LogP contribution in [0, 0.1) is 5.92 Å². The Labute approximate surface area is 108 Å². The molecule has 1 aromatic carbocycles. The number of hydrogen-bond donors (Lipinski definition) is 2. The van der Waals surface area contributed by atoms with Gasteiger partial charge in [-0.25, -0.2) is 0 Å². The normalized spacial score (nSPS) is 13.1. The second-order valence-electron chi connectivity index (χ2n) is 5.33. The minimum Gasteiger partial charge on any atom is -0.460 e. The van der Waals surface area contributed by atoms with Gasteiger partial charge in [0.2, 0.25) is 0 Å². The minimum absolute atomic E-state index is 0.218. The summed E-state index contributed by atoms with van der Waals surface area (Å²) in [4.78, 5) is 12.0. The van der Waals surface area contributed by atoms with Gasteiger partial charge in [0.25, 0.3) is 0 Å². The average Bonchev–Trinajstić information content (AvgIpc) is 2.27. The van der Waals surface area contributed by atoms with Crippen molar-refractivity contribution in [3.05, 3.63) is 35.9 Å². The van der Waals surface area contributed by atoms with Crippen LogP contribution in [0.15, 0.2) is 30.3 Å². The second kappa shape index (κ2) is 6.52. The van der Waals surface area contributed by atoms with E-state index >= 15 is 0 Å². The molecule has 0 aliphatic heterocycles. The molecule has 0 spiro atoms. The lowest BCUT2D eigenvalue weighted by Crippen LogP contribution is -2.38. The number of nitrogens with two attached hydrogens (primary N) is 1. The van der Waals surface area contributed by atoms with E-state index in [1.165, 1.54) is 0 Å². The van der Waals surface area contributed by atoms with Crippen molar-refractivity contribution in [1.82, 2.24) is 5.43 Å². The van der Waals surface area contributed by atoms with Crippen molar-refractivity contribution in [3.8, 4) is 0 Å². The maximum atomic E-state index is 12.0. The molecule has 0 aliphatic carbocycles. The van der Waals surface area contributed by atoms with Gasteiger partial charge in [0.15, 0.2) is 0 Å². The number of hydrogen-bond acceptors (Lipinski definition) is 4. The topological polar surface area (TPSA) is 64.3 Å². The number of rotatable bonds is 5. The highest BCUT2D eigenvalue weighted by atomic mass is 16.6. The van der Waals surface area contributed by atoms with Crippen molar-refractivity contribution in [2.75, 3.05) is 6.54 Å². The van der Waals surface area contributed by atoms with E-state index < -0.39 is 5.60 Å². The van der Waals surface area contributed by atoms with Gasteiger partial charge in [-0.15, -0.1) is 0 Å². The molecule has 1 aromatic rings. The molecule has 3 N–H and O–H groups in total. The molecule has 100 valence electrons. The number of esters is 1. The fourth-order valence-electron chi connectivity index (χ4n) is 1.66. The molecule has 0 aliphatic rings. The fraction of sp³-hybridized carbons (Fsp3) is 0.500. The van der Waals surface area contributed by atoms with E-state index in [2.05, 4.69) is 5.43 Å². The lowest BCUT2D eigenvalue weighted by molar-refractivity contribution is -0.159. The number of nitrogens with one attached hydrogen (secondary N) is 1. The Bertz CT molecular complexity index is 371. The van der Waals surface area contributed by atoms with E-state index in [1.807, 2.05) is 51.1 Å². The Morgan fingerprint density at radius 1 is 1.33 bits per heavy atom. The van der Waals surface area contributed by atoms with Crippen LogP contribution in [0.25, 0.3) is 0 Å². The lowest BCUT2D eigenvalue weighted by atomic mass is 9.99. The van der Waals surface area contributed by atoms with Crippen molar-refractivity contribution in [2.45, 2.75) is 32.8 Å². The standard InChI is InChI=1S/C14H22N2O2/c1-14(2,3)18-13(17)12(10-16-15)9-11-7-5-4-6-8-11/h4-8,12,16H,9-10,15H2,1-3H3. The number of carbonyl (C=O) groups is 1. The third-order valence-electron chi connectivity index (χ3n) is 2.43. The second-order valence-corrected chi connectivity index (χ2v) is 5.33. The van der Waals surface area contributed by atoms with Crippen molar-refractivity contribution in [1.29, 1.82) is 0 Å². The molecule has 0 saturated heterocycles. The number of carbonyl (C=O) groups excluding carboxylic acids is 1. The molecule has 1 rings (SSSR count). The van der Waals surface area contributed by atoms with Crippen molar-refractivity contribution in [2.24, 2.45) is 11.8 Å². The quantitative estimate of drug-likeness (QED) is 0.474. The van der Waals surface area contributed by atoms with Crippen LogP contribution in [-0.2, 0) is 16.0 Å². The summed E-state index contributed by atoms with van der Waals surface area (Å²) in [7, 11) is 0. The first-order valence-corrected chi connectivity index (χ1v) is 6.12. The van der Waals surface area contributed by atoms with Crippen LogP contribution >= 0.6 is 0 Å². The minimum atomic E-state index is -0.472. The van der Waals surface area contributed by atoms with Gasteiger partial charge in [0.05, 0.1) is 5.92 Å². The third kappa shape index (κ3) is 5.29. The predicted octanol–water partition coefficient (Wildman–Crippen LogP) is 1.65. The number of hydrazine groups is 1.